The van der Waals surface area contributed by atoms with Crippen LogP contribution >= 0.6 is 0 Å². The first-order chi connectivity index (χ1) is 11.2. The van der Waals surface area contributed by atoms with Crippen LogP contribution in [0.25, 0.3) is 0 Å². The van der Waals surface area contributed by atoms with Crippen LogP contribution in [0.1, 0.15) is 62.4 Å². The molecule has 1 aliphatic carbocycles. The predicted molar refractivity (Wildman–Crippen MR) is 93.7 cm³/mol. The van der Waals surface area contributed by atoms with Gasteiger partial charge in [-0.3, -0.25) is 9.78 Å². The maximum absolute atomic E-state index is 11.9. The second kappa shape index (κ2) is 6.69. The van der Waals surface area contributed by atoms with Crippen LogP contribution in [0.15, 0.2) is 41.3 Å². The number of aromatic nitrogens is 2. The first-order valence-electron chi connectivity index (χ1n) is 8.80. The van der Waals surface area contributed by atoms with Crippen LogP contribution in [-0.2, 0) is 5.41 Å². The molecule has 3 heteroatoms. The first-order valence-corrected chi connectivity index (χ1v) is 8.80. The van der Waals surface area contributed by atoms with Gasteiger partial charge in [0, 0.05) is 18.0 Å². The summed E-state index contributed by atoms with van der Waals surface area (Å²) in [6.45, 7) is 4.29. The van der Waals surface area contributed by atoms with Crippen LogP contribution in [0.4, 0.5) is 0 Å². The normalized spacial score (nSPS) is 18.5. The lowest BCUT2D eigenvalue weighted by Gasteiger charge is -2.42. The third kappa shape index (κ3) is 2.97. The number of hydrogen-bond donors (Lipinski definition) is 1. The summed E-state index contributed by atoms with van der Waals surface area (Å²) in [7, 11) is 0. The Morgan fingerprint density at radius 3 is 2.57 bits per heavy atom. The van der Waals surface area contributed by atoms with Crippen LogP contribution in [0.5, 0.6) is 0 Å². The average molecular weight is 310 g/mol. The summed E-state index contributed by atoms with van der Waals surface area (Å²) in [4.78, 5) is 19.8. The number of nitrogens with one attached hydrogen (secondary N) is 1. The van der Waals surface area contributed by atoms with Gasteiger partial charge in [-0.2, -0.15) is 0 Å². The zero-order valence-electron chi connectivity index (χ0n) is 14.1. The van der Waals surface area contributed by atoms with Crippen LogP contribution < -0.4 is 5.56 Å². The Morgan fingerprint density at radius 2 is 1.96 bits per heavy atom. The minimum absolute atomic E-state index is 0.0248. The summed E-state index contributed by atoms with van der Waals surface area (Å²) in [5, 5.41) is 0. The molecule has 0 saturated heterocycles. The molecule has 0 amide bonds. The van der Waals surface area contributed by atoms with Crippen molar-refractivity contribution < 1.29 is 0 Å². The Bertz CT molecular complexity index is 698. The fourth-order valence-corrected chi connectivity index (χ4v) is 4.26. The molecule has 1 fully saturated rings. The molecule has 23 heavy (non-hydrogen) atoms. The number of hydrogen-bond acceptors (Lipinski definition) is 2. The first kappa shape index (κ1) is 16.0. The molecule has 3 rings (SSSR count). The van der Waals surface area contributed by atoms with Gasteiger partial charge in [0.05, 0.1) is 11.1 Å². The van der Waals surface area contributed by atoms with Gasteiger partial charge in [0.2, 0.25) is 5.56 Å². The number of H-pyrrole nitrogens is 1. The van der Waals surface area contributed by atoms with Gasteiger partial charge in [0.25, 0.3) is 0 Å². The standard InChI is InChI=1S/C20H26N2O/c1-3-20(16-8-5-4-6-9-16,17-13-12-15(2)14-21-17)18-10-7-11-19(23)22-18/h7,10-14,16H,3-6,8-9H2,1-2H3,(H,22,23). The highest BCUT2D eigenvalue weighted by atomic mass is 16.1. The van der Waals surface area contributed by atoms with Gasteiger partial charge in [-0.05, 0) is 49.8 Å². The van der Waals surface area contributed by atoms with Gasteiger partial charge < -0.3 is 4.98 Å². The van der Waals surface area contributed by atoms with Gasteiger partial charge in [0.15, 0.2) is 0 Å². The number of nitrogens with zero attached hydrogens (tertiary/aromatic N) is 1. The largest absolute Gasteiger partial charge is 0.325 e. The Labute approximate surface area is 138 Å². The van der Waals surface area contributed by atoms with Gasteiger partial charge in [-0.15, -0.1) is 0 Å². The van der Waals surface area contributed by atoms with Crippen molar-refractivity contribution in [3.05, 3.63) is 63.8 Å². The van der Waals surface area contributed by atoms with Crippen molar-refractivity contribution in [3.63, 3.8) is 0 Å². The monoisotopic (exact) mass is 310 g/mol. The maximum Gasteiger partial charge on any atom is 0.248 e. The number of aromatic amines is 1. The zero-order valence-corrected chi connectivity index (χ0v) is 14.1. The van der Waals surface area contributed by atoms with E-state index in [1.807, 2.05) is 12.3 Å². The number of pyridine rings is 2. The van der Waals surface area contributed by atoms with Crippen LogP contribution in [0, 0.1) is 12.8 Å². The number of rotatable bonds is 4. The molecule has 1 atom stereocenters. The van der Waals surface area contributed by atoms with E-state index in [9.17, 15) is 4.79 Å². The Morgan fingerprint density at radius 1 is 1.17 bits per heavy atom. The molecule has 1 N–H and O–H groups in total. The van der Waals surface area contributed by atoms with E-state index in [-0.39, 0.29) is 11.0 Å². The molecule has 122 valence electrons. The van der Waals surface area contributed by atoms with E-state index in [1.165, 1.54) is 37.7 Å². The maximum atomic E-state index is 11.9. The molecule has 0 bridgehead atoms. The van der Waals surface area contributed by atoms with Crippen LogP contribution in [-0.4, -0.2) is 9.97 Å². The summed E-state index contributed by atoms with van der Waals surface area (Å²) in [6, 6.07) is 9.82. The minimum Gasteiger partial charge on any atom is -0.325 e. The van der Waals surface area contributed by atoms with E-state index in [0.717, 1.165) is 17.8 Å². The van der Waals surface area contributed by atoms with Crippen molar-refractivity contribution in [1.82, 2.24) is 9.97 Å². The zero-order chi connectivity index (χ0) is 16.3. The molecular formula is C20H26N2O. The summed E-state index contributed by atoms with van der Waals surface area (Å²) >= 11 is 0. The summed E-state index contributed by atoms with van der Waals surface area (Å²) in [5.74, 6) is 0.537. The molecule has 1 unspecified atom stereocenters. The molecule has 2 aromatic rings. The lowest BCUT2D eigenvalue weighted by atomic mass is 9.63. The number of aryl methyl sites for hydroxylation is 1. The predicted octanol–water partition coefficient (Wildman–Crippen LogP) is 4.35. The van der Waals surface area contributed by atoms with Crippen LogP contribution in [0.3, 0.4) is 0 Å². The Kier molecular flexibility index (Phi) is 4.65. The van der Waals surface area contributed by atoms with E-state index >= 15 is 0 Å². The topological polar surface area (TPSA) is 45.8 Å². The Balaban J connectivity index is 2.17. The summed E-state index contributed by atoms with van der Waals surface area (Å²) in [5.41, 5.74) is 3.08. The van der Waals surface area contributed by atoms with Gasteiger partial charge in [-0.25, -0.2) is 0 Å². The van der Waals surface area contributed by atoms with Gasteiger partial charge in [0.1, 0.15) is 0 Å². The van der Waals surface area contributed by atoms with Gasteiger partial charge in [-0.1, -0.05) is 38.3 Å². The molecule has 3 nitrogen and oxygen atoms in total. The van der Waals surface area contributed by atoms with E-state index in [4.69, 9.17) is 4.98 Å². The smallest absolute Gasteiger partial charge is 0.248 e. The Hall–Kier alpha value is -1.90. The second-order valence-corrected chi connectivity index (χ2v) is 6.81. The van der Waals surface area contributed by atoms with Crippen molar-refractivity contribution in [2.45, 2.75) is 57.8 Å². The third-order valence-corrected chi connectivity index (χ3v) is 5.48. The fourth-order valence-electron chi connectivity index (χ4n) is 4.26. The van der Waals surface area contributed by atoms with E-state index in [0.29, 0.717) is 5.92 Å². The lowest BCUT2D eigenvalue weighted by molar-refractivity contribution is 0.222. The van der Waals surface area contributed by atoms with Crippen molar-refractivity contribution in [2.24, 2.45) is 5.92 Å². The lowest BCUT2D eigenvalue weighted by Crippen LogP contribution is -2.40. The fraction of sp³-hybridized carbons (Fsp3) is 0.500. The second-order valence-electron chi connectivity index (χ2n) is 6.81. The molecule has 2 aromatic heterocycles. The van der Waals surface area contributed by atoms with Crippen molar-refractivity contribution in [2.75, 3.05) is 0 Å². The van der Waals surface area contributed by atoms with Crippen LogP contribution in [0.2, 0.25) is 0 Å². The molecule has 0 aliphatic heterocycles. The molecule has 1 saturated carbocycles. The molecular weight excluding hydrogens is 284 g/mol. The quantitative estimate of drug-likeness (QED) is 0.912. The average Bonchev–Trinajstić information content (AvgIpc) is 2.59. The van der Waals surface area contributed by atoms with Crippen molar-refractivity contribution >= 4 is 0 Å². The highest BCUT2D eigenvalue weighted by Gasteiger charge is 2.42. The molecule has 2 heterocycles. The van der Waals surface area contributed by atoms with E-state index < -0.39 is 0 Å². The molecule has 0 radical (unpaired) electrons. The molecule has 1 aliphatic rings. The molecule has 0 spiro atoms. The van der Waals surface area contributed by atoms with E-state index in [1.54, 1.807) is 6.07 Å². The highest BCUT2D eigenvalue weighted by Crippen LogP contribution is 2.46. The third-order valence-electron chi connectivity index (χ3n) is 5.48. The minimum atomic E-state index is -0.186. The summed E-state index contributed by atoms with van der Waals surface area (Å²) < 4.78 is 0. The van der Waals surface area contributed by atoms with Crippen molar-refractivity contribution in [3.8, 4) is 0 Å². The highest BCUT2D eigenvalue weighted by molar-refractivity contribution is 5.33. The molecule has 0 aromatic carbocycles. The van der Waals surface area contributed by atoms with Gasteiger partial charge >= 0.3 is 0 Å². The van der Waals surface area contributed by atoms with E-state index in [2.05, 4.69) is 37.0 Å². The summed E-state index contributed by atoms with van der Waals surface area (Å²) in [6.07, 6.45) is 9.19. The van der Waals surface area contributed by atoms with Crippen molar-refractivity contribution in [1.29, 1.82) is 0 Å². The SMILES string of the molecule is CCC(c1ccc(C)cn1)(c1cccc(=O)[nH]1)C1CCCCC1.